The second-order valence-corrected chi connectivity index (χ2v) is 5.17. The summed E-state index contributed by atoms with van der Waals surface area (Å²) in [4.78, 5) is 12.3. The number of benzene rings is 1. The van der Waals surface area contributed by atoms with Crippen LogP contribution in [-0.2, 0) is 0 Å². The zero-order valence-electron chi connectivity index (χ0n) is 10.8. The summed E-state index contributed by atoms with van der Waals surface area (Å²) in [6.45, 7) is 5.24. The molecule has 0 radical (unpaired) electrons. The van der Waals surface area contributed by atoms with Gasteiger partial charge in [0.15, 0.2) is 0 Å². The Kier molecular flexibility index (Phi) is 4.19. The first-order chi connectivity index (χ1) is 8.21. The zero-order chi connectivity index (χ0) is 13.9. The van der Waals surface area contributed by atoms with E-state index in [1.54, 1.807) is 32.9 Å². The number of aromatic hydroxyl groups is 1. The first-order valence-corrected chi connectivity index (χ1v) is 5.69. The third-order valence-corrected chi connectivity index (χ3v) is 2.65. The summed E-state index contributed by atoms with van der Waals surface area (Å²) in [6.07, 6.45) is -2.05. The normalized spacial score (nSPS) is 13.1. The number of phenolic OH excluding ortho intramolecular Hbond substituents is 1. The minimum atomic E-state index is -1.08. The molecular formula is C13H19NO4. The van der Waals surface area contributed by atoms with Gasteiger partial charge in [-0.15, -0.1) is 0 Å². The van der Waals surface area contributed by atoms with Crippen LogP contribution in [0.4, 0.5) is 4.79 Å². The zero-order valence-corrected chi connectivity index (χ0v) is 10.8. The number of phenols is 1. The van der Waals surface area contributed by atoms with Crippen LogP contribution in [0.3, 0.4) is 0 Å². The molecule has 0 saturated heterocycles. The number of hydrogen-bond acceptors (Lipinski definition) is 3. The molecule has 100 valence electrons. The molecule has 3 N–H and O–H groups in total. The number of aliphatic hydroxyl groups is 1. The lowest BCUT2D eigenvalue weighted by Gasteiger charge is -2.34. The number of amides is 1. The third kappa shape index (κ3) is 3.63. The quantitative estimate of drug-likeness (QED) is 0.771. The van der Waals surface area contributed by atoms with Gasteiger partial charge in [-0.25, -0.2) is 4.79 Å². The number of nitrogens with zero attached hydrogens (tertiary/aromatic N) is 1. The molecule has 0 bridgehead atoms. The monoisotopic (exact) mass is 253 g/mol. The van der Waals surface area contributed by atoms with Crippen LogP contribution < -0.4 is 0 Å². The molecule has 0 aliphatic rings. The lowest BCUT2D eigenvalue weighted by Crippen LogP contribution is -2.46. The summed E-state index contributed by atoms with van der Waals surface area (Å²) in [5, 5.41) is 28.5. The van der Waals surface area contributed by atoms with E-state index in [2.05, 4.69) is 0 Å². The van der Waals surface area contributed by atoms with E-state index in [4.69, 9.17) is 5.11 Å². The average molecular weight is 253 g/mol. The maximum atomic E-state index is 11.1. The number of rotatable bonds is 3. The van der Waals surface area contributed by atoms with Gasteiger partial charge in [0.25, 0.3) is 0 Å². The minimum absolute atomic E-state index is 0.0394. The third-order valence-electron chi connectivity index (χ3n) is 2.65. The molecule has 1 aromatic rings. The predicted molar refractivity (Wildman–Crippen MR) is 67.6 cm³/mol. The van der Waals surface area contributed by atoms with Crippen molar-refractivity contribution in [2.45, 2.75) is 32.4 Å². The van der Waals surface area contributed by atoms with Crippen molar-refractivity contribution >= 4 is 6.09 Å². The number of aliphatic hydroxyl groups excluding tert-OH is 1. The summed E-state index contributed by atoms with van der Waals surface area (Å²) in [5.41, 5.74) is -0.102. The first-order valence-electron chi connectivity index (χ1n) is 5.69. The first kappa shape index (κ1) is 14.3. The van der Waals surface area contributed by atoms with Crippen LogP contribution >= 0.6 is 0 Å². The summed E-state index contributed by atoms with van der Waals surface area (Å²) in [5.74, 6) is 0.0455. The molecule has 0 aliphatic heterocycles. The highest BCUT2D eigenvalue weighted by molar-refractivity contribution is 5.66. The Bertz CT molecular complexity index is 425. The van der Waals surface area contributed by atoms with Crippen molar-refractivity contribution in [1.82, 2.24) is 4.90 Å². The predicted octanol–water partition coefficient (Wildman–Crippen LogP) is 2.20. The van der Waals surface area contributed by atoms with E-state index >= 15 is 0 Å². The van der Waals surface area contributed by atoms with E-state index in [1.165, 1.54) is 17.0 Å². The van der Waals surface area contributed by atoms with E-state index in [1.807, 2.05) is 0 Å². The molecule has 5 heteroatoms. The Morgan fingerprint density at radius 3 is 2.44 bits per heavy atom. The largest absolute Gasteiger partial charge is 0.508 e. The van der Waals surface area contributed by atoms with Crippen molar-refractivity contribution in [2.75, 3.05) is 6.54 Å². The van der Waals surface area contributed by atoms with Crippen molar-refractivity contribution in [3.05, 3.63) is 29.8 Å². The highest BCUT2D eigenvalue weighted by Gasteiger charge is 2.28. The van der Waals surface area contributed by atoms with Crippen LogP contribution in [0.15, 0.2) is 24.3 Å². The Balaban J connectivity index is 2.85. The molecule has 1 atom stereocenters. The highest BCUT2D eigenvalue weighted by Crippen LogP contribution is 2.22. The van der Waals surface area contributed by atoms with Crippen LogP contribution in [0.1, 0.15) is 32.4 Å². The molecule has 18 heavy (non-hydrogen) atoms. The fourth-order valence-corrected chi connectivity index (χ4v) is 1.65. The van der Waals surface area contributed by atoms with Crippen molar-refractivity contribution in [3.63, 3.8) is 0 Å². The number of carbonyl (C=O) groups is 1. The lowest BCUT2D eigenvalue weighted by molar-refractivity contribution is 0.0556. The van der Waals surface area contributed by atoms with Gasteiger partial charge in [0.1, 0.15) is 5.75 Å². The van der Waals surface area contributed by atoms with Crippen LogP contribution in [0.2, 0.25) is 0 Å². The van der Waals surface area contributed by atoms with Gasteiger partial charge in [0.05, 0.1) is 12.6 Å². The van der Waals surface area contributed by atoms with Gasteiger partial charge in [0, 0.05) is 5.54 Å². The molecule has 1 amide bonds. The molecule has 5 nitrogen and oxygen atoms in total. The van der Waals surface area contributed by atoms with Gasteiger partial charge >= 0.3 is 6.09 Å². The molecule has 1 aromatic carbocycles. The number of β-amino-alcohol motifs (C(OH)–C–C–N with tert-alkyl or cyclic N) is 1. The highest BCUT2D eigenvalue weighted by atomic mass is 16.4. The minimum Gasteiger partial charge on any atom is -0.508 e. The Morgan fingerprint density at radius 1 is 1.39 bits per heavy atom. The molecular weight excluding hydrogens is 234 g/mol. The lowest BCUT2D eigenvalue weighted by atomic mass is 10.0. The van der Waals surface area contributed by atoms with Gasteiger partial charge in [-0.2, -0.15) is 0 Å². The Morgan fingerprint density at radius 2 is 2.00 bits per heavy atom. The van der Waals surface area contributed by atoms with Crippen LogP contribution in [0.5, 0.6) is 5.75 Å². The van der Waals surface area contributed by atoms with Crippen LogP contribution in [0.25, 0.3) is 0 Å². The standard InChI is InChI=1S/C13H19NO4/c1-13(2,3)14(12(17)18)8-11(16)9-5-4-6-10(15)7-9/h4-7,11,15-16H,8H2,1-3H3,(H,17,18). The van der Waals surface area contributed by atoms with Crippen LogP contribution in [-0.4, -0.2) is 38.4 Å². The maximum Gasteiger partial charge on any atom is 0.407 e. The van der Waals surface area contributed by atoms with Crippen LogP contribution in [0, 0.1) is 0 Å². The summed E-state index contributed by atoms with van der Waals surface area (Å²) in [6, 6.07) is 6.17. The fourth-order valence-electron chi connectivity index (χ4n) is 1.65. The van der Waals surface area contributed by atoms with Gasteiger partial charge in [-0.3, -0.25) is 0 Å². The van der Waals surface area contributed by atoms with E-state index in [0.29, 0.717) is 5.56 Å². The number of hydrogen-bond donors (Lipinski definition) is 3. The topological polar surface area (TPSA) is 81.0 Å². The Labute approximate surface area is 106 Å². The van der Waals surface area contributed by atoms with Crippen molar-refractivity contribution in [3.8, 4) is 5.75 Å². The molecule has 0 aliphatic carbocycles. The summed E-state index contributed by atoms with van der Waals surface area (Å²) >= 11 is 0. The van der Waals surface area contributed by atoms with E-state index < -0.39 is 17.7 Å². The van der Waals surface area contributed by atoms with Crippen molar-refractivity contribution in [2.24, 2.45) is 0 Å². The number of carboxylic acid groups (broad SMARTS) is 1. The van der Waals surface area contributed by atoms with Gasteiger partial charge in [0.2, 0.25) is 0 Å². The molecule has 0 spiro atoms. The summed E-state index contributed by atoms with van der Waals surface area (Å²) < 4.78 is 0. The van der Waals surface area contributed by atoms with Gasteiger partial charge in [-0.1, -0.05) is 12.1 Å². The molecule has 0 saturated carbocycles. The summed E-state index contributed by atoms with van der Waals surface area (Å²) in [7, 11) is 0. The van der Waals surface area contributed by atoms with E-state index in [0.717, 1.165) is 0 Å². The second kappa shape index (κ2) is 5.27. The van der Waals surface area contributed by atoms with Crippen molar-refractivity contribution < 1.29 is 20.1 Å². The molecule has 0 heterocycles. The Hall–Kier alpha value is -1.75. The second-order valence-electron chi connectivity index (χ2n) is 5.17. The smallest absolute Gasteiger partial charge is 0.407 e. The molecule has 1 unspecified atom stereocenters. The van der Waals surface area contributed by atoms with E-state index in [-0.39, 0.29) is 12.3 Å². The SMILES string of the molecule is CC(C)(C)N(CC(O)c1cccc(O)c1)C(=O)O. The maximum absolute atomic E-state index is 11.1. The molecule has 0 fully saturated rings. The van der Waals surface area contributed by atoms with E-state index in [9.17, 15) is 15.0 Å². The van der Waals surface area contributed by atoms with Gasteiger partial charge < -0.3 is 20.2 Å². The van der Waals surface area contributed by atoms with Gasteiger partial charge in [-0.05, 0) is 38.5 Å². The average Bonchev–Trinajstić information content (AvgIpc) is 2.23. The molecule has 0 aromatic heterocycles. The fraction of sp³-hybridized carbons (Fsp3) is 0.462. The van der Waals surface area contributed by atoms with Crippen molar-refractivity contribution in [1.29, 1.82) is 0 Å². The molecule has 1 rings (SSSR count).